The van der Waals surface area contributed by atoms with Gasteiger partial charge in [-0.25, -0.2) is 4.39 Å². The van der Waals surface area contributed by atoms with Crippen LogP contribution in [0.2, 0.25) is 0 Å². The highest BCUT2D eigenvalue weighted by molar-refractivity contribution is 7.99. The number of hydrogen-bond donors (Lipinski definition) is 2. The summed E-state index contributed by atoms with van der Waals surface area (Å²) in [4.78, 5) is 10.7. The van der Waals surface area contributed by atoms with Gasteiger partial charge < -0.3 is 19.7 Å². The zero-order valence-corrected chi connectivity index (χ0v) is 15.0. The summed E-state index contributed by atoms with van der Waals surface area (Å²) in [6.07, 6.45) is 2.22. The van der Waals surface area contributed by atoms with Gasteiger partial charge in [0, 0.05) is 18.0 Å². The predicted molar refractivity (Wildman–Crippen MR) is 95.7 cm³/mol. The van der Waals surface area contributed by atoms with E-state index in [2.05, 4.69) is 15.5 Å². The minimum Gasteiger partial charge on any atom is -0.481 e. The zero-order chi connectivity index (χ0) is 18.4. The van der Waals surface area contributed by atoms with Crippen molar-refractivity contribution in [3.8, 4) is 0 Å². The normalized spacial score (nSPS) is 16.7. The summed E-state index contributed by atoms with van der Waals surface area (Å²) in [6, 6.07) is 6.12. The lowest BCUT2D eigenvalue weighted by Gasteiger charge is -2.15. The number of aromatic nitrogens is 3. The summed E-state index contributed by atoms with van der Waals surface area (Å²) in [6.45, 7) is 1.84. The number of carbonyl (C=O) groups is 1. The van der Waals surface area contributed by atoms with E-state index in [1.165, 1.54) is 23.9 Å². The van der Waals surface area contributed by atoms with Crippen molar-refractivity contribution < 1.29 is 19.0 Å². The van der Waals surface area contributed by atoms with Crippen LogP contribution in [-0.2, 0) is 22.6 Å². The van der Waals surface area contributed by atoms with E-state index in [0.29, 0.717) is 24.0 Å². The number of anilines is 1. The molecule has 0 amide bonds. The molecule has 7 nitrogen and oxygen atoms in total. The second-order valence-electron chi connectivity index (χ2n) is 6.00. The number of nitrogens with one attached hydrogen (secondary N) is 1. The molecule has 0 bridgehead atoms. The number of hydrogen-bond acceptors (Lipinski definition) is 6. The Morgan fingerprint density at radius 2 is 2.19 bits per heavy atom. The molecule has 26 heavy (non-hydrogen) atoms. The van der Waals surface area contributed by atoms with Gasteiger partial charge in [-0.3, -0.25) is 4.79 Å². The molecule has 0 spiro atoms. The second-order valence-corrected chi connectivity index (χ2v) is 7.06. The molecule has 1 atom stereocenters. The highest BCUT2D eigenvalue weighted by Crippen LogP contribution is 2.22. The Kier molecular flexibility index (Phi) is 6.45. The van der Waals surface area contributed by atoms with Crippen LogP contribution in [0.1, 0.15) is 25.1 Å². The first-order valence-electron chi connectivity index (χ1n) is 8.49. The van der Waals surface area contributed by atoms with Crippen LogP contribution in [0.3, 0.4) is 0 Å². The van der Waals surface area contributed by atoms with Crippen LogP contribution in [0.5, 0.6) is 0 Å². The lowest BCUT2D eigenvalue weighted by molar-refractivity contribution is -0.136. The van der Waals surface area contributed by atoms with Crippen molar-refractivity contribution in [1.82, 2.24) is 14.8 Å². The highest BCUT2D eigenvalue weighted by atomic mass is 32.2. The van der Waals surface area contributed by atoms with Gasteiger partial charge in [0.05, 0.1) is 25.6 Å². The van der Waals surface area contributed by atoms with Gasteiger partial charge in [0.25, 0.3) is 0 Å². The Bertz CT molecular complexity index is 732. The third-order valence-electron chi connectivity index (χ3n) is 4.05. The summed E-state index contributed by atoms with van der Waals surface area (Å²) >= 11 is 1.38. The lowest BCUT2D eigenvalue weighted by atomic mass is 10.2. The van der Waals surface area contributed by atoms with Gasteiger partial charge in [-0.05, 0) is 37.1 Å². The van der Waals surface area contributed by atoms with Gasteiger partial charge in [0.15, 0.2) is 11.0 Å². The summed E-state index contributed by atoms with van der Waals surface area (Å²) in [7, 11) is 0. The quantitative estimate of drug-likeness (QED) is 0.647. The van der Waals surface area contributed by atoms with E-state index < -0.39 is 5.97 Å². The fourth-order valence-corrected chi connectivity index (χ4v) is 3.60. The predicted octanol–water partition coefficient (Wildman–Crippen LogP) is 2.78. The largest absolute Gasteiger partial charge is 0.481 e. The molecule has 3 rings (SSSR count). The van der Waals surface area contributed by atoms with Crippen molar-refractivity contribution in [1.29, 1.82) is 0 Å². The number of nitrogens with zero attached hydrogens (tertiary/aromatic N) is 3. The van der Waals surface area contributed by atoms with Crippen molar-refractivity contribution in [2.24, 2.45) is 0 Å². The van der Waals surface area contributed by atoms with Crippen LogP contribution in [0.15, 0.2) is 29.4 Å². The molecule has 1 fully saturated rings. The first kappa shape index (κ1) is 18.7. The smallest absolute Gasteiger partial charge is 0.304 e. The first-order valence-corrected chi connectivity index (χ1v) is 9.48. The molecule has 1 unspecified atom stereocenters. The number of carboxylic acid groups (broad SMARTS) is 1. The Morgan fingerprint density at radius 3 is 2.88 bits per heavy atom. The van der Waals surface area contributed by atoms with E-state index in [9.17, 15) is 9.18 Å². The Hall–Kier alpha value is -2.13. The second kappa shape index (κ2) is 9.00. The van der Waals surface area contributed by atoms with Crippen LogP contribution in [0, 0.1) is 5.82 Å². The van der Waals surface area contributed by atoms with Gasteiger partial charge in [0.2, 0.25) is 0 Å². The summed E-state index contributed by atoms with van der Waals surface area (Å²) < 4.78 is 20.7. The molecule has 1 aliphatic heterocycles. The summed E-state index contributed by atoms with van der Waals surface area (Å²) in [5.41, 5.74) is 0.790. The maximum absolute atomic E-state index is 13.0. The van der Waals surface area contributed by atoms with Gasteiger partial charge >= 0.3 is 5.97 Å². The third-order valence-corrected chi connectivity index (χ3v) is 5.01. The molecule has 2 aromatic rings. The van der Waals surface area contributed by atoms with Crippen LogP contribution >= 0.6 is 11.8 Å². The first-order chi connectivity index (χ1) is 12.6. The Labute approximate surface area is 155 Å². The van der Waals surface area contributed by atoms with E-state index in [0.717, 1.165) is 31.0 Å². The topological polar surface area (TPSA) is 89.3 Å². The monoisotopic (exact) mass is 380 g/mol. The molecule has 140 valence electrons. The Balaban J connectivity index is 1.68. The highest BCUT2D eigenvalue weighted by Gasteiger charge is 2.21. The minimum absolute atomic E-state index is 0.0701. The SMILES string of the molecule is O=C(O)CCSc1nnc(CNc2ccc(F)cc2)n1CC1CCCO1. The standard InChI is InChI=1S/C17H21FN4O3S/c18-12-3-5-13(6-4-12)19-10-15-20-21-17(26-9-7-16(23)24)22(15)11-14-2-1-8-25-14/h3-6,14,19H,1-2,7-11H2,(H,23,24). The van der Waals surface area contributed by atoms with Crippen molar-refractivity contribution in [3.63, 3.8) is 0 Å². The average molecular weight is 380 g/mol. The van der Waals surface area contributed by atoms with E-state index in [1.54, 1.807) is 12.1 Å². The molecule has 1 aliphatic rings. The molecule has 2 heterocycles. The van der Waals surface area contributed by atoms with Crippen LogP contribution in [0.25, 0.3) is 0 Å². The molecule has 1 saturated heterocycles. The van der Waals surface area contributed by atoms with E-state index in [-0.39, 0.29) is 18.3 Å². The number of rotatable bonds is 9. The van der Waals surface area contributed by atoms with E-state index >= 15 is 0 Å². The van der Waals surface area contributed by atoms with E-state index in [4.69, 9.17) is 9.84 Å². The fraction of sp³-hybridized carbons (Fsp3) is 0.471. The maximum atomic E-state index is 13.0. The molecule has 1 aromatic carbocycles. The number of halogens is 1. The van der Waals surface area contributed by atoms with Crippen LogP contribution < -0.4 is 5.32 Å². The molecule has 0 aliphatic carbocycles. The molecule has 0 saturated carbocycles. The van der Waals surface area contributed by atoms with Crippen LogP contribution in [0.4, 0.5) is 10.1 Å². The average Bonchev–Trinajstić information content (AvgIpc) is 3.26. The van der Waals surface area contributed by atoms with Crippen molar-refractivity contribution in [3.05, 3.63) is 35.9 Å². The van der Waals surface area contributed by atoms with Crippen LogP contribution in [-0.4, -0.2) is 44.3 Å². The number of ether oxygens (including phenoxy) is 1. The molecular formula is C17H21FN4O3S. The minimum atomic E-state index is -0.833. The maximum Gasteiger partial charge on any atom is 0.304 e. The summed E-state index contributed by atoms with van der Waals surface area (Å²) in [5.74, 6) is 0.0578. The molecule has 2 N–H and O–H groups in total. The molecular weight excluding hydrogens is 359 g/mol. The Morgan fingerprint density at radius 1 is 1.38 bits per heavy atom. The van der Waals surface area contributed by atoms with Gasteiger partial charge in [-0.1, -0.05) is 11.8 Å². The molecule has 0 radical (unpaired) electrons. The molecule has 9 heteroatoms. The summed E-state index contributed by atoms with van der Waals surface area (Å²) in [5, 5.41) is 21.2. The zero-order valence-electron chi connectivity index (χ0n) is 14.2. The molecule has 1 aromatic heterocycles. The van der Waals surface area contributed by atoms with Gasteiger partial charge in [0.1, 0.15) is 5.82 Å². The van der Waals surface area contributed by atoms with Crippen molar-refractivity contribution in [2.75, 3.05) is 17.7 Å². The number of carboxylic acids is 1. The fourth-order valence-electron chi connectivity index (χ4n) is 2.71. The number of aliphatic carboxylic acids is 1. The van der Waals surface area contributed by atoms with Crippen molar-refractivity contribution in [2.45, 2.75) is 43.6 Å². The third kappa shape index (κ3) is 5.18. The van der Waals surface area contributed by atoms with Gasteiger partial charge in [-0.2, -0.15) is 0 Å². The van der Waals surface area contributed by atoms with Crippen molar-refractivity contribution >= 4 is 23.4 Å². The number of benzene rings is 1. The lowest BCUT2D eigenvalue weighted by Crippen LogP contribution is -2.19. The van der Waals surface area contributed by atoms with Gasteiger partial charge in [-0.15, -0.1) is 10.2 Å². The number of thioether (sulfide) groups is 1. The van der Waals surface area contributed by atoms with E-state index in [1.807, 2.05) is 4.57 Å².